The third kappa shape index (κ3) is 4.69. The Morgan fingerprint density at radius 2 is 1.56 bits per heavy atom. The Bertz CT molecular complexity index is 1420. The third-order valence-corrected chi connectivity index (χ3v) is 8.00. The molecule has 1 aliphatic heterocycles. The van der Waals surface area contributed by atoms with Gasteiger partial charge < -0.3 is 5.32 Å². The number of aromatic nitrogens is 2. The van der Waals surface area contributed by atoms with Gasteiger partial charge in [-0.15, -0.1) is 0 Å². The number of sulfonamides is 1. The van der Waals surface area contributed by atoms with Gasteiger partial charge in [-0.1, -0.05) is 25.0 Å². The molecular formula is C24H28N4O5S. The summed E-state index contributed by atoms with van der Waals surface area (Å²) in [5.41, 5.74) is -0.140. The molecule has 1 aliphatic rings. The maximum absolute atomic E-state index is 12.9. The molecule has 0 bridgehead atoms. The normalized spacial score (nSPS) is 15.2. The van der Waals surface area contributed by atoms with E-state index in [0.717, 1.165) is 30.3 Å². The molecule has 180 valence electrons. The van der Waals surface area contributed by atoms with Gasteiger partial charge in [0.05, 0.1) is 15.8 Å². The van der Waals surface area contributed by atoms with E-state index in [2.05, 4.69) is 5.32 Å². The average Bonchev–Trinajstić information content (AvgIpc) is 3.13. The van der Waals surface area contributed by atoms with Crippen molar-refractivity contribution in [1.29, 1.82) is 0 Å². The summed E-state index contributed by atoms with van der Waals surface area (Å²) < 4.78 is 29.8. The number of hydrogen-bond donors (Lipinski definition) is 1. The smallest absolute Gasteiger partial charge is 0.325 e. The zero-order valence-electron chi connectivity index (χ0n) is 19.1. The number of nitrogens with one attached hydrogen (secondary N) is 1. The van der Waals surface area contributed by atoms with Crippen molar-refractivity contribution in [2.75, 3.05) is 18.4 Å². The lowest BCUT2D eigenvalue weighted by atomic mass is 10.2. The lowest BCUT2D eigenvalue weighted by Gasteiger charge is -2.20. The van der Waals surface area contributed by atoms with Crippen molar-refractivity contribution in [3.8, 4) is 0 Å². The lowest BCUT2D eigenvalue weighted by molar-refractivity contribution is -0.116. The van der Waals surface area contributed by atoms with Crippen LogP contribution in [0.3, 0.4) is 0 Å². The van der Waals surface area contributed by atoms with Crippen LogP contribution in [0, 0.1) is 0 Å². The maximum Gasteiger partial charge on any atom is 0.331 e. The van der Waals surface area contributed by atoms with Crippen LogP contribution in [0.1, 0.15) is 32.6 Å². The molecule has 1 aromatic heterocycles. The summed E-state index contributed by atoms with van der Waals surface area (Å²) in [5, 5.41) is 3.07. The summed E-state index contributed by atoms with van der Waals surface area (Å²) in [6.07, 6.45) is 3.77. The number of carbonyl (C=O) groups is 1. The number of fused-ring (bicyclic) bond motifs is 1. The van der Waals surface area contributed by atoms with Gasteiger partial charge in [0.15, 0.2) is 0 Å². The number of carbonyl (C=O) groups excluding carboxylic acids is 1. The van der Waals surface area contributed by atoms with E-state index in [9.17, 15) is 22.8 Å². The minimum atomic E-state index is -3.58. The first kappa shape index (κ1) is 23.9. The molecule has 0 atom stereocenters. The highest BCUT2D eigenvalue weighted by atomic mass is 32.2. The first-order valence-electron chi connectivity index (χ1n) is 11.5. The number of anilines is 1. The van der Waals surface area contributed by atoms with Gasteiger partial charge in [0, 0.05) is 25.3 Å². The van der Waals surface area contributed by atoms with Crippen molar-refractivity contribution in [3.63, 3.8) is 0 Å². The predicted molar refractivity (Wildman–Crippen MR) is 130 cm³/mol. The third-order valence-electron chi connectivity index (χ3n) is 6.09. The molecule has 1 amide bonds. The molecule has 3 aromatic rings. The Morgan fingerprint density at radius 1 is 0.912 bits per heavy atom. The quantitative estimate of drug-likeness (QED) is 0.578. The average molecular weight is 485 g/mol. The molecule has 2 aromatic carbocycles. The Morgan fingerprint density at radius 3 is 2.21 bits per heavy atom. The molecule has 0 spiro atoms. The summed E-state index contributed by atoms with van der Waals surface area (Å²) in [7, 11) is -3.58. The van der Waals surface area contributed by atoms with Crippen molar-refractivity contribution in [2.45, 2.75) is 50.6 Å². The van der Waals surface area contributed by atoms with Crippen LogP contribution in [-0.4, -0.2) is 40.9 Å². The van der Waals surface area contributed by atoms with E-state index in [0.29, 0.717) is 29.7 Å². The van der Waals surface area contributed by atoms with Crippen LogP contribution in [0.2, 0.25) is 0 Å². The van der Waals surface area contributed by atoms with E-state index in [4.69, 9.17) is 0 Å². The molecule has 9 nitrogen and oxygen atoms in total. The SMILES string of the molecule is CCn1c(=O)c2ccccc2n(CC(=O)Nc2ccc(S(=O)(=O)N3CCCCCC3)cc2)c1=O. The van der Waals surface area contributed by atoms with Gasteiger partial charge in [0.25, 0.3) is 5.56 Å². The Kier molecular flexibility index (Phi) is 6.99. The number of hydrogen-bond acceptors (Lipinski definition) is 5. The summed E-state index contributed by atoms with van der Waals surface area (Å²) in [5.74, 6) is -0.461. The topological polar surface area (TPSA) is 110 Å². The Balaban J connectivity index is 1.54. The maximum atomic E-state index is 12.9. The van der Waals surface area contributed by atoms with Gasteiger partial charge in [-0.3, -0.25) is 18.7 Å². The first-order valence-corrected chi connectivity index (χ1v) is 12.9. The van der Waals surface area contributed by atoms with Crippen LogP contribution in [-0.2, 0) is 27.9 Å². The van der Waals surface area contributed by atoms with E-state index in [1.54, 1.807) is 31.2 Å². The van der Waals surface area contributed by atoms with Crippen LogP contribution >= 0.6 is 0 Å². The second kappa shape index (κ2) is 9.94. The molecule has 0 saturated carbocycles. The highest BCUT2D eigenvalue weighted by Gasteiger charge is 2.25. The van der Waals surface area contributed by atoms with E-state index in [-0.39, 0.29) is 23.5 Å². The summed E-state index contributed by atoms with van der Waals surface area (Å²) in [4.78, 5) is 38.3. The van der Waals surface area contributed by atoms with Gasteiger partial charge in [0.1, 0.15) is 6.54 Å². The van der Waals surface area contributed by atoms with E-state index < -0.39 is 21.6 Å². The second-order valence-corrected chi connectivity index (χ2v) is 10.3. The number of rotatable bonds is 6. The second-order valence-electron chi connectivity index (χ2n) is 8.33. The zero-order valence-corrected chi connectivity index (χ0v) is 19.9. The molecule has 1 N–H and O–H groups in total. The van der Waals surface area contributed by atoms with Gasteiger partial charge in [-0.05, 0) is 56.2 Å². The molecule has 0 aliphatic carbocycles. The van der Waals surface area contributed by atoms with Crippen molar-refractivity contribution < 1.29 is 13.2 Å². The molecule has 2 heterocycles. The van der Waals surface area contributed by atoms with Crippen molar-refractivity contribution in [3.05, 3.63) is 69.4 Å². The summed E-state index contributed by atoms with van der Waals surface area (Å²) in [6, 6.07) is 12.7. The fourth-order valence-corrected chi connectivity index (χ4v) is 5.81. The highest BCUT2D eigenvalue weighted by molar-refractivity contribution is 7.89. The van der Waals surface area contributed by atoms with E-state index >= 15 is 0 Å². The van der Waals surface area contributed by atoms with Gasteiger partial charge in [-0.25, -0.2) is 13.2 Å². The predicted octanol–water partition coefficient (Wildman–Crippen LogP) is 2.39. The molecule has 1 fully saturated rings. The van der Waals surface area contributed by atoms with Gasteiger partial charge in [-0.2, -0.15) is 4.31 Å². The van der Waals surface area contributed by atoms with Crippen molar-refractivity contribution >= 4 is 32.5 Å². The largest absolute Gasteiger partial charge is 0.331 e. The molecule has 0 unspecified atom stereocenters. The molecule has 4 rings (SSSR count). The van der Waals surface area contributed by atoms with Crippen molar-refractivity contribution in [2.24, 2.45) is 0 Å². The van der Waals surface area contributed by atoms with Crippen LogP contribution in [0.5, 0.6) is 0 Å². The number of amides is 1. The van der Waals surface area contributed by atoms with Gasteiger partial charge >= 0.3 is 5.69 Å². The molecule has 0 radical (unpaired) electrons. The van der Waals surface area contributed by atoms with Gasteiger partial charge in [0.2, 0.25) is 15.9 Å². The Labute approximate surface area is 197 Å². The molecule has 1 saturated heterocycles. The molecule has 34 heavy (non-hydrogen) atoms. The molecular weight excluding hydrogens is 456 g/mol. The standard InChI is InChI=1S/C24H28N4O5S/c1-2-27-23(30)20-9-5-6-10-21(20)28(24(27)31)17-22(29)25-18-11-13-19(14-12-18)34(32,33)26-15-7-3-4-8-16-26/h5-6,9-14H,2-4,7-8,15-17H2,1H3,(H,25,29). The molecule has 10 heteroatoms. The van der Waals surface area contributed by atoms with Crippen LogP contribution < -0.4 is 16.6 Å². The van der Waals surface area contributed by atoms with Crippen LogP contribution in [0.25, 0.3) is 10.9 Å². The monoisotopic (exact) mass is 484 g/mol. The van der Waals surface area contributed by atoms with Crippen LogP contribution in [0.4, 0.5) is 5.69 Å². The summed E-state index contributed by atoms with van der Waals surface area (Å²) >= 11 is 0. The minimum Gasteiger partial charge on any atom is -0.325 e. The number of nitrogens with zero attached hydrogens (tertiary/aromatic N) is 3. The lowest BCUT2D eigenvalue weighted by Crippen LogP contribution is -2.41. The summed E-state index contributed by atoms with van der Waals surface area (Å²) in [6.45, 7) is 2.64. The first-order chi connectivity index (χ1) is 16.3. The highest BCUT2D eigenvalue weighted by Crippen LogP contribution is 2.22. The number of para-hydroxylation sites is 1. The zero-order chi connectivity index (χ0) is 24.3. The number of benzene rings is 2. The fraction of sp³-hybridized carbons (Fsp3) is 0.375. The van der Waals surface area contributed by atoms with E-state index in [1.807, 2.05) is 0 Å². The van der Waals surface area contributed by atoms with Crippen molar-refractivity contribution in [1.82, 2.24) is 13.4 Å². The Hall–Kier alpha value is -3.24. The fourth-order valence-electron chi connectivity index (χ4n) is 4.29. The minimum absolute atomic E-state index is 0.185. The van der Waals surface area contributed by atoms with E-state index in [1.165, 1.54) is 33.1 Å². The van der Waals surface area contributed by atoms with Crippen LogP contribution in [0.15, 0.2) is 63.0 Å².